The van der Waals surface area contributed by atoms with Crippen LogP contribution < -0.4 is 10.4 Å². The molecular weight excluding hydrogens is 310 g/mol. The lowest BCUT2D eigenvalue weighted by atomic mass is 10.1. The molecule has 3 rings (SSSR count). The van der Waals surface area contributed by atoms with E-state index in [2.05, 4.69) is 4.98 Å². The third-order valence-corrected chi connectivity index (χ3v) is 4.02. The fraction of sp³-hybridized carbons (Fsp3) is 0.353. The van der Waals surface area contributed by atoms with E-state index in [1.165, 1.54) is 17.0 Å². The van der Waals surface area contributed by atoms with E-state index in [0.29, 0.717) is 18.7 Å². The molecule has 7 heteroatoms. The van der Waals surface area contributed by atoms with Crippen LogP contribution >= 0.6 is 0 Å². The zero-order valence-electron chi connectivity index (χ0n) is 13.2. The van der Waals surface area contributed by atoms with Gasteiger partial charge in [0.2, 0.25) is 5.91 Å². The highest BCUT2D eigenvalue weighted by molar-refractivity contribution is 5.76. The Morgan fingerprint density at radius 2 is 2.08 bits per heavy atom. The minimum atomic E-state index is -1.08. The van der Waals surface area contributed by atoms with Gasteiger partial charge in [0.1, 0.15) is 24.5 Å². The molecule has 1 aromatic heterocycles. The van der Waals surface area contributed by atoms with Crippen LogP contribution in [0.2, 0.25) is 0 Å². The lowest BCUT2D eigenvalue weighted by Gasteiger charge is -2.23. The molecule has 2 heterocycles. The molecule has 1 fully saturated rings. The number of hydrogen-bond acceptors (Lipinski definition) is 5. The quantitative estimate of drug-likeness (QED) is 0.852. The maximum atomic E-state index is 12.3. The van der Waals surface area contributed by atoms with Gasteiger partial charge in [0.25, 0.3) is 0 Å². The zero-order valence-corrected chi connectivity index (χ0v) is 13.2. The topological polar surface area (TPSA) is 84.7 Å². The number of nitrogens with zero attached hydrogens (tertiary/aromatic N) is 3. The van der Waals surface area contributed by atoms with Gasteiger partial charge in [0, 0.05) is 18.9 Å². The highest BCUT2D eigenvalue weighted by Crippen LogP contribution is 2.23. The van der Waals surface area contributed by atoms with Crippen molar-refractivity contribution in [2.75, 3.05) is 19.7 Å². The molecular formula is C17H19N3O4. The molecule has 126 valence electrons. The van der Waals surface area contributed by atoms with E-state index in [1.807, 2.05) is 30.3 Å². The summed E-state index contributed by atoms with van der Waals surface area (Å²) in [5.74, 6) is 0.457. The van der Waals surface area contributed by atoms with E-state index in [9.17, 15) is 14.7 Å². The summed E-state index contributed by atoms with van der Waals surface area (Å²) in [6.45, 7) is 0.659. The first-order chi connectivity index (χ1) is 11.6. The molecule has 1 N–H and O–H groups in total. The van der Waals surface area contributed by atoms with Crippen molar-refractivity contribution in [1.29, 1.82) is 0 Å². The second kappa shape index (κ2) is 6.84. The Hall–Kier alpha value is -2.67. The van der Waals surface area contributed by atoms with E-state index >= 15 is 0 Å². The fourth-order valence-electron chi connectivity index (χ4n) is 2.67. The van der Waals surface area contributed by atoms with Crippen LogP contribution in [0.15, 0.2) is 53.6 Å². The van der Waals surface area contributed by atoms with Gasteiger partial charge in [0.15, 0.2) is 0 Å². The normalized spacial score (nSPS) is 20.1. The lowest BCUT2D eigenvalue weighted by molar-refractivity contribution is -0.132. The molecule has 1 aliphatic heterocycles. The predicted octanol–water partition coefficient (Wildman–Crippen LogP) is 0.286. The molecule has 2 aromatic rings. The molecule has 7 nitrogen and oxygen atoms in total. The smallest absolute Gasteiger partial charge is 0.347 e. The SMILES string of the molecule is O=C(Cn1cccnc1=O)N1CCC(O)(COc2ccccc2)C1. The number of para-hydroxylation sites is 1. The molecule has 1 aromatic carbocycles. The van der Waals surface area contributed by atoms with Gasteiger partial charge in [0.05, 0.1) is 6.54 Å². The average molecular weight is 329 g/mol. The number of aromatic nitrogens is 2. The summed E-state index contributed by atoms with van der Waals surface area (Å²) in [6, 6.07) is 10.8. The Labute approximate surface area is 139 Å². The average Bonchev–Trinajstić information content (AvgIpc) is 2.99. The van der Waals surface area contributed by atoms with Crippen molar-refractivity contribution in [2.24, 2.45) is 0 Å². The molecule has 0 saturated carbocycles. The third kappa shape index (κ3) is 3.80. The van der Waals surface area contributed by atoms with Crippen molar-refractivity contribution in [2.45, 2.75) is 18.6 Å². The Morgan fingerprint density at radius 3 is 2.83 bits per heavy atom. The fourth-order valence-corrected chi connectivity index (χ4v) is 2.67. The summed E-state index contributed by atoms with van der Waals surface area (Å²) in [6.07, 6.45) is 3.35. The number of carbonyl (C=O) groups is 1. The van der Waals surface area contributed by atoms with Crippen LogP contribution in [0.5, 0.6) is 5.75 Å². The van der Waals surface area contributed by atoms with Crippen molar-refractivity contribution in [3.8, 4) is 5.75 Å². The summed E-state index contributed by atoms with van der Waals surface area (Å²) < 4.78 is 6.86. The number of hydrogen-bond donors (Lipinski definition) is 1. The summed E-state index contributed by atoms with van der Waals surface area (Å²) >= 11 is 0. The first-order valence-electron chi connectivity index (χ1n) is 7.75. The second-order valence-electron chi connectivity index (χ2n) is 5.92. The van der Waals surface area contributed by atoms with Gasteiger partial charge < -0.3 is 14.7 Å². The molecule has 1 aliphatic rings. The van der Waals surface area contributed by atoms with Gasteiger partial charge >= 0.3 is 5.69 Å². The van der Waals surface area contributed by atoms with Gasteiger partial charge in [-0.25, -0.2) is 9.78 Å². The van der Waals surface area contributed by atoms with Crippen molar-refractivity contribution in [1.82, 2.24) is 14.5 Å². The number of rotatable bonds is 5. The maximum absolute atomic E-state index is 12.3. The number of β-amino-alcohol motifs (C(OH)–C–C–N with tert-alkyl or cyclic N) is 1. The van der Waals surface area contributed by atoms with E-state index in [0.717, 1.165) is 0 Å². The van der Waals surface area contributed by atoms with E-state index in [4.69, 9.17) is 4.74 Å². The molecule has 0 radical (unpaired) electrons. The number of carbonyl (C=O) groups excluding carboxylic acids is 1. The highest BCUT2D eigenvalue weighted by Gasteiger charge is 2.39. The minimum Gasteiger partial charge on any atom is -0.491 e. The van der Waals surface area contributed by atoms with Crippen LogP contribution in [-0.2, 0) is 11.3 Å². The third-order valence-electron chi connectivity index (χ3n) is 4.02. The van der Waals surface area contributed by atoms with Crippen LogP contribution in [0.1, 0.15) is 6.42 Å². The first kappa shape index (κ1) is 16.2. The Kier molecular flexibility index (Phi) is 4.61. The van der Waals surface area contributed by atoms with E-state index < -0.39 is 11.3 Å². The van der Waals surface area contributed by atoms with Gasteiger partial charge in [-0.1, -0.05) is 18.2 Å². The second-order valence-corrected chi connectivity index (χ2v) is 5.92. The van der Waals surface area contributed by atoms with Gasteiger partial charge in [-0.15, -0.1) is 0 Å². The molecule has 1 unspecified atom stereocenters. The van der Waals surface area contributed by atoms with Crippen LogP contribution in [0.4, 0.5) is 0 Å². The number of aliphatic hydroxyl groups is 1. The number of likely N-dealkylation sites (tertiary alicyclic amines) is 1. The number of benzene rings is 1. The molecule has 1 saturated heterocycles. The largest absolute Gasteiger partial charge is 0.491 e. The number of ether oxygens (including phenoxy) is 1. The Morgan fingerprint density at radius 1 is 1.29 bits per heavy atom. The highest BCUT2D eigenvalue weighted by atomic mass is 16.5. The Bertz CT molecular complexity index is 762. The van der Waals surface area contributed by atoms with E-state index in [1.54, 1.807) is 11.0 Å². The first-order valence-corrected chi connectivity index (χ1v) is 7.75. The van der Waals surface area contributed by atoms with E-state index in [-0.39, 0.29) is 25.6 Å². The molecule has 1 amide bonds. The molecule has 0 spiro atoms. The summed E-state index contributed by atoms with van der Waals surface area (Å²) in [7, 11) is 0. The summed E-state index contributed by atoms with van der Waals surface area (Å²) in [4.78, 5) is 29.1. The van der Waals surface area contributed by atoms with Gasteiger partial charge in [-0.3, -0.25) is 9.36 Å². The monoisotopic (exact) mass is 329 g/mol. The minimum absolute atomic E-state index is 0.0811. The Balaban J connectivity index is 1.57. The maximum Gasteiger partial charge on any atom is 0.347 e. The molecule has 1 atom stereocenters. The molecule has 24 heavy (non-hydrogen) atoms. The van der Waals surface area contributed by atoms with Crippen LogP contribution in [-0.4, -0.2) is 50.8 Å². The molecule has 0 aliphatic carbocycles. The summed E-state index contributed by atoms with van der Waals surface area (Å²) in [5, 5.41) is 10.6. The summed E-state index contributed by atoms with van der Waals surface area (Å²) in [5.41, 5.74) is -1.54. The van der Waals surface area contributed by atoms with Crippen LogP contribution in [0.3, 0.4) is 0 Å². The van der Waals surface area contributed by atoms with Crippen molar-refractivity contribution in [3.05, 3.63) is 59.3 Å². The van der Waals surface area contributed by atoms with Gasteiger partial charge in [-0.05, 0) is 24.6 Å². The standard InChI is InChI=1S/C17H19N3O4/c21-15(11-19-9-4-8-18-16(19)22)20-10-7-17(23,12-20)13-24-14-5-2-1-3-6-14/h1-6,8-9,23H,7,10-13H2. The van der Waals surface area contributed by atoms with Crippen molar-refractivity contribution >= 4 is 5.91 Å². The molecule has 0 bridgehead atoms. The van der Waals surface area contributed by atoms with Crippen LogP contribution in [0.25, 0.3) is 0 Å². The zero-order chi connectivity index (χ0) is 17.0. The van der Waals surface area contributed by atoms with Crippen LogP contribution in [0, 0.1) is 0 Å². The lowest BCUT2D eigenvalue weighted by Crippen LogP contribution is -2.42. The van der Waals surface area contributed by atoms with Crippen molar-refractivity contribution < 1.29 is 14.6 Å². The number of amides is 1. The predicted molar refractivity (Wildman–Crippen MR) is 86.6 cm³/mol. The van der Waals surface area contributed by atoms with Gasteiger partial charge in [-0.2, -0.15) is 0 Å². The van der Waals surface area contributed by atoms with Crippen molar-refractivity contribution in [3.63, 3.8) is 0 Å².